The molecule has 0 aromatic heterocycles. The van der Waals surface area contributed by atoms with Crippen LogP contribution in [0.25, 0.3) is 0 Å². The van der Waals surface area contributed by atoms with Gasteiger partial charge in [0, 0.05) is 12.6 Å². The van der Waals surface area contributed by atoms with E-state index >= 15 is 0 Å². The average molecular weight is 300 g/mol. The van der Waals surface area contributed by atoms with E-state index in [-0.39, 0.29) is 12.0 Å². The van der Waals surface area contributed by atoms with Crippen LogP contribution in [-0.4, -0.2) is 29.7 Å². The van der Waals surface area contributed by atoms with Crippen molar-refractivity contribution in [1.82, 2.24) is 4.90 Å². The minimum absolute atomic E-state index is 0.195. The first kappa shape index (κ1) is 17.0. The molecule has 1 aliphatic rings. The molecule has 1 aliphatic carbocycles. The lowest BCUT2D eigenvalue weighted by molar-refractivity contribution is 0.133. The van der Waals surface area contributed by atoms with Gasteiger partial charge in [-0.1, -0.05) is 24.3 Å². The Labute approximate surface area is 134 Å². The second kappa shape index (κ2) is 7.76. The number of nitrogens with zero attached hydrogens (tertiary/aromatic N) is 2. The van der Waals surface area contributed by atoms with Gasteiger partial charge >= 0.3 is 0 Å². The average Bonchev–Trinajstić information content (AvgIpc) is 2.53. The highest BCUT2D eigenvalue weighted by atomic mass is 16.3. The molecule has 3 heteroatoms. The maximum Gasteiger partial charge on any atom is 0.0683 e. The summed E-state index contributed by atoms with van der Waals surface area (Å²) < 4.78 is 0. The van der Waals surface area contributed by atoms with Crippen LogP contribution in [0.5, 0.6) is 0 Å². The molecule has 2 rings (SSSR count). The van der Waals surface area contributed by atoms with Gasteiger partial charge in [0.2, 0.25) is 0 Å². The summed E-state index contributed by atoms with van der Waals surface area (Å²) in [5, 5.41) is 18.6. The van der Waals surface area contributed by atoms with E-state index in [1.165, 1.54) is 30.4 Å². The van der Waals surface area contributed by atoms with Crippen LogP contribution in [0.1, 0.15) is 56.7 Å². The van der Waals surface area contributed by atoms with Crippen molar-refractivity contribution in [2.45, 2.75) is 52.0 Å². The molecule has 3 nitrogen and oxygen atoms in total. The van der Waals surface area contributed by atoms with Gasteiger partial charge in [0.25, 0.3) is 0 Å². The molecule has 1 N–H and O–H groups in total. The molecule has 0 spiro atoms. The van der Waals surface area contributed by atoms with Crippen molar-refractivity contribution in [2.24, 2.45) is 5.41 Å². The number of fused-ring (bicyclic) bond motifs is 1. The van der Waals surface area contributed by atoms with Crippen LogP contribution in [0.2, 0.25) is 0 Å². The fourth-order valence-electron chi connectivity index (χ4n) is 3.44. The number of benzene rings is 1. The molecule has 1 aromatic rings. The highest BCUT2D eigenvalue weighted by Crippen LogP contribution is 2.34. The topological polar surface area (TPSA) is 47.3 Å². The zero-order valence-electron chi connectivity index (χ0n) is 13.9. The normalized spacial score (nSPS) is 18.0. The Kier molecular flexibility index (Phi) is 5.99. The van der Waals surface area contributed by atoms with Crippen molar-refractivity contribution >= 4 is 0 Å². The molecule has 0 amide bonds. The van der Waals surface area contributed by atoms with Crippen LogP contribution in [0.15, 0.2) is 24.3 Å². The number of hydrogen-bond donors (Lipinski definition) is 1. The van der Waals surface area contributed by atoms with Crippen LogP contribution in [0.4, 0.5) is 0 Å². The molecule has 0 saturated carbocycles. The molecule has 0 radical (unpaired) electrons. The number of hydrogen-bond acceptors (Lipinski definition) is 3. The van der Waals surface area contributed by atoms with Crippen molar-refractivity contribution in [2.75, 3.05) is 19.7 Å². The highest BCUT2D eigenvalue weighted by Gasteiger charge is 2.26. The maximum absolute atomic E-state index is 9.43. The first-order chi connectivity index (χ1) is 10.6. The fraction of sp³-hybridized carbons (Fsp3) is 0.632. The van der Waals surface area contributed by atoms with E-state index in [0.29, 0.717) is 12.6 Å². The Morgan fingerprint density at radius 3 is 2.82 bits per heavy atom. The predicted octanol–water partition coefficient (Wildman–Crippen LogP) is 3.69. The summed E-state index contributed by atoms with van der Waals surface area (Å²) in [6.45, 7) is 5.86. The molecule has 1 atom stereocenters. The van der Waals surface area contributed by atoms with Crippen molar-refractivity contribution in [3.63, 3.8) is 0 Å². The van der Waals surface area contributed by atoms with Crippen molar-refractivity contribution in [3.05, 3.63) is 35.4 Å². The number of rotatable bonds is 7. The second-order valence-electron chi connectivity index (χ2n) is 6.97. The van der Waals surface area contributed by atoms with Crippen molar-refractivity contribution in [3.8, 4) is 6.07 Å². The van der Waals surface area contributed by atoms with E-state index in [1.54, 1.807) is 0 Å². The Morgan fingerprint density at radius 1 is 1.32 bits per heavy atom. The summed E-state index contributed by atoms with van der Waals surface area (Å²) in [6.07, 6.45) is 5.45. The van der Waals surface area contributed by atoms with Crippen LogP contribution in [0.3, 0.4) is 0 Å². The van der Waals surface area contributed by atoms with Gasteiger partial charge in [-0.15, -0.1) is 0 Å². The molecule has 1 aromatic carbocycles. The van der Waals surface area contributed by atoms with Crippen LogP contribution in [0, 0.1) is 16.7 Å². The van der Waals surface area contributed by atoms with Crippen LogP contribution >= 0.6 is 0 Å². The largest absolute Gasteiger partial charge is 0.395 e. The second-order valence-corrected chi connectivity index (χ2v) is 6.97. The summed E-state index contributed by atoms with van der Waals surface area (Å²) in [7, 11) is 0. The lowest BCUT2D eigenvalue weighted by atomic mass is 9.86. The fourth-order valence-corrected chi connectivity index (χ4v) is 3.44. The third kappa shape index (κ3) is 4.32. The van der Waals surface area contributed by atoms with Gasteiger partial charge in [-0.3, -0.25) is 4.90 Å². The molecule has 0 heterocycles. The van der Waals surface area contributed by atoms with E-state index in [1.807, 2.05) is 13.8 Å². The monoisotopic (exact) mass is 300 g/mol. The minimum atomic E-state index is -0.255. The van der Waals surface area contributed by atoms with E-state index in [4.69, 9.17) is 5.26 Å². The number of aliphatic hydroxyl groups excluding tert-OH is 1. The summed E-state index contributed by atoms with van der Waals surface area (Å²) in [5.41, 5.74) is 2.64. The molecule has 22 heavy (non-hydrogen) atoms. The third-order valence-corrected chi connectivity index (χ3v) is 4.72. The Bertz CT molecular complexity index is 518. The maximum atomic E-state index is 9.43. The van der Waals surface area contributed by atoms with Gasteiger partial charge in [-0.05, 0) is 63.6 Å². The SMILES string of the molecule is CC(C)(C#N)CCCN(CCO)C1CCCc2ccccc21. The lowest BCUT2D eigenvalue weighted by Gasteiger charge is -2.36. The standard InChI is InChI=1S/C19H28N2O/c1-19(2,15-20)11-6-12-21(13-14-22)18-10-5-8-16-7-3-4-9-17(16)18/h3-4,7,9,18,22H,5-6,8,10-14H2,1-2H3. The highest BCUT2D eigenvalue weighted by molar-refractivity contribution is 5.32. The summed E-state index contributed by atoms with van der Waals surface area (Å²) in [6, 6.07) is 11.5. The molecule has 120 valence electrons. The smallest absolute Gasteiger partial charge is 0.0683 e. The molecular weight excluding hydrogens is 272 g/mol. The molecule has 0 bridgehead atoms. The van der Waals surface area contributed by atoms with Gasteiger partial charge in [0.15, 0.2) is 0 Å². The Balaban J connectivity index is 2.04. The quantitative estimate of drug-likeness (QED) is 0.835. The van der Waals surface area contributed by atoms with Gasteiger partial charge in [0.05, 0.1) is 18.1 Å². The summed E-state index contributed by atoms with van der Waals surface area (Å²) in [4.78, 5) is 2.41. The first-order valence-corrected chi connectivity index (χ1v) is 8.41. The zero-order valence-corrected chi connectivity index (χ0v) is 13.9. The van der Waals surface area contributed by atoms with E-state index < -0.39 is 0 Å². The van der Waals surface area contributed by atoms with E-state index in [0.717, 1.165) is 19.4 Å². The number of aliphatic hydroxyl groups is 1. The van der Waals surface area contributed by atoms with E-state index in [9.17, 15) is 5.11 Å². The van der Waals surface area contributed by atoms with Crippen molar-refractivity contribution in [1.29, 1.82) is 5.26 Å². The first-order valence-electron chi connectivity index (χ1n) is 8.41. The molecule has 1 unspecified atom stereocenters. The Hall–Kier alpha value is -1.37. The molecule has 0 aliphatic heterocycles. The van der Waals surface area contributed by atoms with E-state index in [2.05, 4.69) is 35.2 Å². The van der Waals surface area contributed by atoms with Gasteiger partial charge < -0.3 is 5.11 Å². The molecule has 0 fully saturated rings. The minimum Gasteiger partial charge on any atom is -0.395 e. The number of aryl methyl sites for hydroxylation is 1. The summed E-state index contributed by atoms with van der Waals surface area (Å²) >= 11 is 0. The van der Waals surface area contributed by atoms with Gasteiger partial charge in [0.1, 0.15) is 0 Å². The van der Waals surface area contributed by atoms with Gasteiger partial charge in [-0.2, -0.15) is 5.26 Å². The van der Waals surface area contributed by atoms with Crippen molar-refractivity contribution < 1.29 is 5.11 Å². The molecular formula is C19H28N2O. The predicted molar refractivity (Wildman–Crippen MR) is 89.4 cm³/mol. The summed E-state index contributed by atoms with van der Waals surface area (Å²) in [5.74, 6) is 0. The third-order valence-electron chi connectivity index (χ3n) is 4.72. The Morgan fingerprint density at radius 2 is 2.09 bits per heavy atom. The van der Waals surface area contributed by atoms with Gasteiger partial charge in [-0.25, -0.2) is 0 Å². The zero-order chi connectivity index (χ0) is 16.0. The van der Waals surface area contributed by atoms with Crippen LogP contribution in [-0.2, 0) is 6.42 Å². The number of nitriles is 1. The van der Waals surface area contributed by atoms with Crippen LogP contribution < -0.4 is 0 Å². The molecule has 0 saturated heterocycles. The lowest BCUT2D eigenvalue weighted by Crippen LogP contribution is -2.34.